The molecule has 2 aromatic heterocycles. The predicted molar refractivity (Wildman–Crippen MR) is 134 cm³/mol. The lowest BCUT2D eigenvalue weighted by Gasteiger charge is -2.28. The van der Waals surface area contributed by atoms with E-state index in [0.717, 1.165) is 47.3 Å². The van der Waals surface area contributed by atoms with Crippen LogP contribution >= 0.6 is 0 Å². The van der Waals surface area contributed by atoms with Gasteiger partial charge in [-0.3, -0.25) is 9.52 Å². The fourth-order valence-electron chi connectivity index (χ4n) is 4.38. The summed E-state index contributed by atoms with van der Waals surface area (Å²) < 4.78 is 27.0. The van der Waals surface area contributed by atoms with Crippen molar-refractivity contribution in [3.8, 4) is 0 Å². The van der Waals surface area contributed by atoms with Crippen molar-refractivity contribution in [1.29, 1.82) is 0 Å². The fraction of sp³-hybridized carbons (Fsp3) is 0.458. The third-order valence-corrected chi connectivity index (χ3v) is 6.89. The smallest absolute Gasteiger partial charge is 0.255 e. The number of aryl methyl sites for hydroxylation is 1. The Morgan fingerprint density at radius 2 is 1.82 bits per heavy atom. The lowest BCUT2D eigenvalue weighted by atomic mass is 9.87. The zero-order chi connectivity index (χ0) is 24.3. The molecule has 0 aliphatic heterocycles. The van der Waals surface area contributed by atoms with Crippen LogP contribution in [0.25, 0.3) is 11.0 Å². The first-order valence-corrected chi connectivity index (χ1v) is 13.6. The first kappa shape index (κ1) is 24.0. The quantitative estimate of drug-likeness (QED) is 0.448. The molecule has 1 saturated carbocycles. The molecule has 1 aliphatic rings. The maximum atomic E-state index is 13.2. The van der Waals surface area contributed by atoms with Crippen LogP contribution < -0.4 is 15.4 Å². The van der Waals surface area contributed by atoms with Gasteiger partial charge < -0.3 is 10.6 Å². The lowest BCUT2D eigenvalue weighted by Crippen LogP contribution is -2.28. The van der Waals surface area contributed by atoms with Crippen LogP contribution in [-0.4, -0.2) is 41.4 Å². The molecule has 0 radical (unpaired) electrons. The summed E-state index contributed by atoms with van der Waals surface area (Å²) in [5, 5.41) is 11.9. The van der Waals surface area contributed by atoms with Gasteiger partial charge in [-0.25, -0.2) is 18.1 Å². The number of rotatable bonds is 8. The van der Waals surface area contributed by atoms with Crippen molar-refractivity contribution < 1.29 is 13.2 Å². The van der Waals surface area contributed by atoms with Crippen LogP contribution in [0.2, 0.25) is 0 Å². The Labute approximate surface area is 200 Å². The summed E-state index contributed by atoms with van der Waals surface area (Å²) in [6.45, 7) is 5.31. The number of carbonyl (C=O) groups excluding carboxylic acids is 1. The van der Waals surface area contributed by atoms with Gasteiger partial charge in [0.2, 0.25) is 10.0 Å². The second kappa shape index (κ2) is 10.0. The Balaban J connectivity index is 1.53. The Bertz CT molecular complexity index is 1260. The Hall–Kier alpha value is -3.14. The van der Waals surface area contributed by atoms with E-state index in [1.807, 2.05) is 11.6 Å². The van der Waals surface area contributed by atoms with Crippen molar-refractivity contribution in [2.45, 2.75) is 58.7 Å². The first-order chi connectivity index (χ1) is 16.2. The minimum Gasteiger partial charge on any atom is -0.381 e. The molecule has 10 heteroatoms. The summed E-state index contributed by atoms with van der Waals surface area (Å²) in [4.78, 5) is 17.7. The summed E-state index contributed by atoms with van der Waals surface area (Å²) in [6.07, 6.45) is 9.00. The van der Waals surface area contributed by atoms with Gasteiger partial charge in [-0.05, 0) is 56.2 Å². The van der Waals surface area contributed by atoms with Gasteiger partial charge in [-0.15, -0.1) is 0 Å². The number of hydrogen-bond donors (Lipinski definition) is 3. The van der Waals surface area contributed by atoms with Crippen LogP contribution in [0.15, 0.2) is 36.7 Å². The summed E-state index contributed by atoms with van der Waals surface area (Å²) in [6, 6.07) is 7.22. The zero-order valence-corrected chi connectivity index (χ0v) is 20.7. The fourth-order valence-corrected chi connectivity index (χ4v) is 4.94. The molecular formula is C24H32N6O3S. The number of aromatic nitrogens is 3. The van der Waals surface area contributed by atoms with Gasteiger partial charge in [0.15, 0.2) is 5.65 Å². The Morgan fingerprint density at radius 1 is 1.12 bits per heavy atom. The number of nitrogens with one attached hydrogen (secondary N) is 3. The SMILES string of the molecule is CCn1ncc2c(NC3CCC(C)CC3)c(C(=O)NCc3ccc(NS(C)(=O)=O)cc3)cnc21. The van der Waals surface area contributed by atoms with Crippen molar-refractivity contribution in [2.24, 2.45) is 5.92 Å². The van der Waals surface area contributed by atoms with Crippen LogP contribution in [0.1, 0.15) is 55.5 Å². The molecule has 9 nitrogen and oxygen atoms in total. The van der Waals surface area contributed by atoms with Gasteiger partial charge in [0, 0.05) is 31.0 Å². The largest absolute Gasteiger partial charge is 0.381 e. The highest BCUT2D eigenvalue weighted by Gasteiger charge is 2.23. The van der Waals surface area contributed by atoms with Gasteiger partial charge in [0.05, 0.1) is 29.1 Å². The average Bonchev–Trinajstić information content (AvgIpc) is 3.23. The van der Waals surface area contributed by atoms with E-state index < -0.39 is 10.0 Å². The number of benzene rings is 1. The number of carbonyl (C=O) groups is 1. The molecule has 0 unspecified atom stereocenters. The third-order valence-electron chi connectivity index (χ3n) is 6.28. The number of pyridine rings is 1. The molecule has 1 fully saturated rings. The predicted octanol–water partition coefficient (Wildman–Crippen LogP) is 3.74. The topological polar surface area (TPSA) is 118 Å². The average molecular weight is 485 g/mol. The molecule has 1 aliphatic carbocycles. The highest BCUT2D eigenvalue weighted by atomic mass is 32.2. The van der Waals surface area contributed by atoms with Gasteiger partial charge >= 0.3 is 0 Å². The minimum absolute atomic E-state index is 0.219. The van der Waals surface area contributed by atoms with Gasteiger partial charge in [0.25, 0.3) is 5.91 Å². The second-order valence-corrected chi connectivity index (χ2v) is 10.8. The minimum atomic E-state index is -3.33. The van der Waals surface area contributed by atoms with Crippen molar-refractivity contribution in [2.75, 3.05) is 16.3 Å². The third kappa shape index (κ3) is 5.67. The Kier molecular flexibility index (Phi) is 7.06. The van der Waals surface area contributed by atoms with Crippen LogP contribution in [0.3, 0.4) is 0 Å². The highest BCUT2D eigenvalue weighted by Crippen LogP contribution is 2.31. The number of nitrogens with zero attached hydrogens (tertiary/aromatic N) is 3. The van der Waals surface area contributed by atoms with E-state index in [4.69, 9.17) is 0 Å². The zero-order valence-electron chi connectivity index (χ0n) is 19.8. The molecule has 0 spiro atoms. The summed E-state index contributed by atoms with van der Waals surface area (Å²) in [5.41, 5.74) is 3.38. The molecule has 0 atom stereocenters. The van der Waals surface area contributed by atoms with Crippen molar-refractivity contribution in [3.63, 3.8) is 0 Å². The van der Waals surface area contributed by atoms with Gasteiger partial charge in [-0.1, -0.05) is 19.1 Å². The molecule has 0 saturated heterocycles. The van der Waals surface area contributed by atoms with E-state index in [-0.39, 0.29) is 5.91 Å². The Morgan fingerprint density at radius 3 is 2.47 bits per heavy atom. The van der Waals surface area contributed by atoms with E-state index in [1.165, 1.54) is 12.8 Å². The lowest BCUT2D eigenvalue weighted by molar-refractivity contribution is 0.0951. The number of fused-ring (bicyclic) bond motifs is 1. The molecule has 2 heterocycles. The van der Waals surface area contributed by atoms with E-state index in [9.17, 15) is 13.2 Å². The number of sulfonamides is 1. The molecular weight excluding hydrogens is 452 g/mol. The van der Waals surface area contributed by atoms with Gasteiger partial charge in [-0.2, -0.15) is 5.10 Å². The van der Waals surface area contributed by atoms with E-state index in [1.54, 1.807) is 36.7 Å². The normalized spacial score (nSPS) is 18.6. The summed E-state index contributed by atoms with van der Waals surface area (Å²) in [7, 11) is -3.33. The van der Waals surface area contributed by atoms with Crippen LogP contribution in [0, 0.1) is 5.92 Å². The van der Waals surface area contributed by atoms with Crippen molar-refractivity contribution in [3.05, 3.63) is 47.8 Å². The van der Waals surface area contributed by atoms with E-state index in [0.29, 0.717) is 30.4 Å². The molecule has 3 N–H and O–H groups in total. The molecule has 34 heavy (non-hydrogen) atoms. The summed E-state index contributed by atoms with van der Waals surface area (Å²) >= 11 is 0. The van der Waals surface area contributed by atoms with Crippen molar-refractivity contribution >= 4 is 38.3 Å². The highest BCUT2D eigenvalue weighted by molar-refractivity contribution is 7.92. The molecule has 1 amide bonds. The second-order valence-electron chi connectivity index (χ2n) is 9.10. The number of amides is 1. The van der Waals surface area contributed by atoms with Crippen LogP contribution in [0.4, 0.5) is 11.4 Å². The maximum Gasteiger partial charge on any atom is 0.255 e. The standard InChI is InChI=1S/C24H32N6O3S/c1-4-30-23-20(15-27-30)22(28-18-9-5-16(2)6-10-18)21(14-25-23)24(31)26-13-17-7-11-19(12-8-17)29-34(3,32)33/h7-8,11-12,14-16,18,29H,4-6,9-10,13H2,1-3H3,(H,25,28)(H,26,31). The maximum absolute atomic E-state index is 13.2. The van der Waals surface area contributed by atoms with Crippen LogP contribution in [-0.2, 0) is 23.1 Å². The number of hydrogen-bond acceptors (Lipinski definition) is 6. The number of anilines is 2. The molecule has 4 rings (SSSR count). The first-order valence-electron chi connectivity index (χ1n) is 11.7. The molecule has 0 bridgehead atoms. The van der Waals surface area contributed by atoms with Crippen LogP contribution in [0.5, 0.6) is 0 Å². The molecule has 3 aromatic rings. The summed E-state index contributed by atoms with van der Waals surface area (Å²) in [5.74, 6) is 0.517. The molecule has 1 aromatic carbocycles. The monoisotopic (exact) mass is 484 g/mol. The van der Waals surface area contributed by atoms with E-state index in [2.05, 4.69) is 32.4 Å². The van der Waals surface area contributed by atoms with Crippen molar-refractivity contribution in [1.82, 2.24) is 20.1 Å². The molecule has 182 valence electrons. The van der Waals surface area contributed by atoms with E-state index >= 15 is 0 Å². The van der Waals surface area contributed by atoms with Gasteiger partial charge in [0.1, 0.15) is 0 Å².